The normalized spacial score (nSPS) is 39.6. The molecule has 1 aliphatic rings. The summed E-state index contributed by atoms with van der Waals surface area (Å²) in [5.41, 5.74) is 0. The highest BCUT2D eigenvalue weighted by Crippen LogP contribution is 2.07. The largest absolute Gasteiger partial charge is 0.0745 e. The molecule has 0 saturated carbocycles. The van der Waals surface area contributed by atoms with E-state index < -0.39 is 0 Å². The first kappa shape index (κ1) is 3.83. The van der Waals surface area contributed by atoms with Crippen LogP contribution in [0.25, 0.3) is 0 Å². The molecule has 1 fully saturated rings. The molecule has 30 valence electrons. The summed E-state index contributed by atoms with van der Waals surface area (Å²) in [5.74, 6) is 0. The molecule has 1 rings (SSSR count). The van der Waals surface area contributed by atoms with Crippen LogP contribution in [0.3, 0.4) is 0 Å². The minimum Gasteiger partial charge on any atom is -0.0745 e. The minimum absolute atomic E-state index is 0.0833. The van der Waals surface area contributed by atoms with Crippen molar-refractivity contribution in [3.8, 4) is 0 Å². The summed E-state index contributed by atoms with van der Waals surface area (Å²) in [6.07, 6.45) is 0. The zero-order valence-electron chi connectivity index (χ0n) is 3.91. The van der Waals surface area contributed by atoms with Crippen LogP contribution in [0, 0.1) is 0 Å². The molecule has 0 aliphatic carbocycles. The lowest BCUT2D eigenvalue weighted by Gasteiger charge is -1.83. The van der Waals surface area contributed by atoms with Gasteiger partial charge in [-0.15, -0.1) is 0 Å². The van der Waals surface area contributed by atoms with Gasteiger partial charge < -0.3 is 0 Å². The summed E-state index contributed by atoms with van der Waals surface area (Å²) < 4.78 is 0. The molecule has 1 saturated heterocycles. The van der Waals surface area contributed by atoms with E-state index >= 15 is 0 Å². The maximum atomic E-state index is 2.56. The van der Waals surface area contributed by atoms with Gasteiger partial charge >= 0.3 is 0 Å². The average molecular weight is 118 g/mol. The van der Waals surface area contributed by atoms with Gasteiger partial charge in [0, 0.05) is 7.11 Å². The summed E-state index contributed by atoms with van der Waals surface area (Å²) in [4.78, 5) is 0. The van der Waals surface area contributed by atoms with Crippen LogP contribution in [-0.2, 0) is 0 Å². The Labute approximate surface area is 38.0 Å². The average Bonchev–Trinajstić information content (AvgIpc) is 1.76. The van der Waals surface area contributed by atoms with E-state index in [1.807, 2.05) is 0 Å². The minimum atomic E-state index is -0.0833. The van der Waals surface area contributed by atoms with Crippen LogP contribution in [-0.4, -0.2) is 24.2 Å². The molecule has 5 heavy (non-hydrogen) atoms. The SMILES string of the molecule is C[Si]1(C)[SiH2][SiH2]1. The molecule has 0 bridgehead atoms. The van der Waals surface area contributed by atoms with E-state index in [0.29, 0.717) is 0 Å². The van der Waals surface area contributed by atoms with Crippen molar-refractivity contribution in [1.29, 1.82) is 0 Å². The quantitative estimate of drug-likeness (QED) is 0.356. The Bertz CT molecular complexity index is 42.9. The van der Waals surface area contributed by atoms with E-state index in [1.54, 1.807) is 0 Å². The molecule has 0 amide bonds. The molecule has 3 heteroatoms. The molecular formula is C2H10Si3. The van der Waals surface area contributed by atoms with Gasteiger partial charge in [-0.1, -0.05) is 13.1 Å². The van der Waals surface area contributed by atoms with Gasteiger partial charge in [0.25, 0.3) is 0 Å². The van der Waals surface area contributed by atoms with Crippen molar-refractivity contribution in [1.82, 2.24) is 0 Å². The Balaban J connectivity index is 2.38. The molecule has 1 heterocycles. The van der Waals surface area contributed by atoms with E-state index in [4.69, 9.17) is 0 Å². The van der Waals surface area contributed by atoms with E-state index in [-0.39, 0.29) is 7.11 Å². The number of hydrogen-bond donors (Lipinski definition) is 0. The zero-order valence-corrected chi connectivity index (χ0v) is 7.74. The smallest absolute Gasteiger partial charge is 0.0156 e. The Morgan fingerprint density at radius 1 is 1.20 bits per heavy atom. The van der Waals surface area contributed by atoms with Crippen LogP contribution in [0.15, 0.2) is 0 Å². The lowest BCUT2D eigenvalue weighted by molar-refractivity contribution is 2.08. The predicted octanol–water partition coefficient (Wildman–Crippen LogP) is -1.05. The summed E-state index contributed by atoms with van der Waals surface area (Å²) in [7, 11) is 1.46. The second-order valence-corrected chi connectivity index (χ2v) is 34.5. The van der Waals surface area contributed by atoms with E-state index in [9.17, 15) is 0 Å². The van der Waals surface area contributed by atoms with Crippen LogP contribution in [0.4, 0.5) is 0 Å². The first-order chi connectivity index (χ1) is 2.21. The van der Waals surface area contributed by atoms with Crippen LogP contribution in [0.2, 0.25) is 13.1 Å². The fraction of sp³-hybridized carbons (Fsp3) is 1.00. The van der Waals surface area contributed by atoms with Crippen LogP contribution >= 0.6 is 0 Å². The fourth-order valence-electron chi connectivity index (χ4n) is 0.250. The first-order valence-corrected chi connectivity index (χ1v) is 13.9. The van der Waals surface area contributed by atoms with Crippen molar-refractivity contribution in [3.63, 3.8) is 0 Å². The van der Waals surface area contributed by atoms with Crippen molar-refractivity contribution in [2.75, 3.05) is 0 Å². The summed E-state index contributed by atoms with van der Waals surface area (Å²) >= 11 is 0. The number of hydrogen-bond acceptors (Lipinski definition) is 0. The maximum absolute atomic E-state index is 2.56. The maximum Gasteiger partial charge on any atom is 0.0156 e. The third kappa shape index (κ3) is 1.02. The molecule has 0 nitrogen and oxygen atoms in total. The van der Waals surface area contributed by atoms with E-state index in [2.05, 4.69) is 13.1 Å². The standard InChI is InChI=1S/C2H10Si3/c1-5(2)3-4-5/h3-4H2,1-2H3. The Kier molecular flexibility index (Phi) is 0.634. The predicted molar refractivity (Wildman–Crippen MR) is 34.6 cm³/mol. The molecule has 0 spiro atoms. The van der Waals surface area contributed by atoms with Crippen LogP contribution in [0.1, 0.15) is 0 Å². The van der Waals surface area contributed by atoms with Crippen molar-refractivity contribution in [2.24, 2.45) is 0 Å². The molecule has 0 unspecified atom stereocenters. The second-order valence-electron chi connectivity index (χ2n) is 2.66. The molecule has 0 atom stereocenters. The third-order valence-electron chi connectivity index (χ3n) is 1.25. The third-order valence-corrected chi connectivity index (χ3v) is 33.7. The van der Waals surface area contributed by atoms with Crippen molar-refractivity contribution in [2.45, 2.75) is 13.1 Å². The van der Waals surface area contributed by atoms with Crippen LogP contribution < -0.4 is 0 Å². The van der Waals surface area contributed by atoms with Gasteiger partial charge in [-0.05, 0) is 17.1 Å². The Morgan fingerprint density at radius 3 is 1.40 bits per heavy atom. The lowest BCUT2D eigenvalue weighted by atomic mass is 11.9. The summed E-state index contributed by atoms with van der Waals surface area (Å²) in [6, 6.07) is 0. The van der Waals surface area contributed by atoms with Gasteiger partial charge in [0.05, 0.1) is 0 Å². The Hall–Kier alpha value is 0.651. The van der Waals surface area contributed by atoms with Crippen LogP contribution in [0.5, 0.6) is 0 Å². The van der Waals surface area contributed by atoms with Gasteiger partial charge in [0.1, 0.15) is 0 Å². The highest BCUT2D eigenvalue weighted by atomic mass is 30.1. The molecule has 0 aromatic carbocycles. The number of rotatable bonds is 0. The molecule has 0 N–H and O–H groups in total. The van der Waals surface area contributed by atoms with Crippen molar-refractivity contribution >= 4 is 24.2 Å². The second kappa shape index (κ2) is 0.828. The summed E-state index contributed by atoms with van der Waals surface area (Å²) in [6.45, 7) is 5.12. The monoisotopic (exact) mass is 118 g/mol. The lowest BCUT2D eigenvalue weighted by Crippen LogP contribution is -2.03. The van der Waals surface area contributed by atoms with Gasteiger partial charge in [-0.25, -0.2) is 0 Å². The molecule has 0 aromatic heterocycles. The highest BCUT2D eigenvalue weighted by Gasteiger charge is 2.34. The van der Waals surface area contributed by atoms with Gasteiger partial charge in [0.15, 0.2) is 0 Å². The van der Waals surface area contributed by atoms with E-state index in [1.165, 1.54) is 0 Å². The molecule has 0 radical (unpaired) electrons. The fourth-order valence-corrected chi connectivity index (χ4v) is 20.2. The topological polar surface area (TPSA) is 0 Å². The van der Waals surface area contributed by atoms with Crippen molar-refractivity contribution < 1.29 is 0 Å². The zero-order chi connectivity index (χ0) is 3.91. The van der Waals surface area contributed by atoms with Gasteiger partial charge in [-0.2, -0.15) is 0 Å². The van der Waals surface area contributed by atoms with Gasteiger partial charge in [-0.3, -0.25) is 0 Å². The van der Waals surface area contributed by atoms with E-state index in [0.717, 1.165) is 17.1 Å². The van der Waals surface area contributed by atoms with Crippen molar-refractivity contribution in [3.05, 3.63) is 0 Å². The Morgan fingerprint density at radius 2 is 1.40 bits per heavy atom. The molecular weight excluding hydrogens is 108 g/mol. The first-order valence-electron chi connectivity index (χ1n) is 2.21. The summed E-state index contributed by atoms with van der Waals surface area (Å²) in [5, 5.41) is 0. The molecule has 1 aliphatic heterocycles. The molecule has 0 aromatic rings. The van der Waals surface area contributed by atoms with Gasteiger partial charge in [0.2, 0.25) is 0 Å². The highest BCUT2D eigenvalue weighted by molar-refractivity contribution is 7.89.